The molecule has 29 heavy (non-hydrogen) atoms. The Hall–Kier alpha value is -3.42. The van der Waals surface area contributed by atoms with Gasteiger partial charge < -0.3 is 30.5 Å². The van der Waals surface area contributed by atoms with Gasteiger partial charge in [0.2, 0.25) is 0 Å². The van der Waals surface area contributed by atoms with Crippen LogP contribution in [0.1, 0.15) is 22.8 Å². The molecule has 0 fully saturated rings. The molecule has 0 saturated heterocycles. The van der Waals surface area contributed by atoms with Gasteiger partial charge in [-0.25, -0.2) is 4.99 Å². The third-order valence-electron chi connectivity index (χ3n) is 4.04. The van der Waals surface area contributed by atoms with Crippen LogP contribution in [0, 0.1) is 0 Å². The van der Waals surface area contributed by atoms with E-state index < -0.39 is 0 Å². The zero-order valence-corrected chi connectivity index (χ0v) is 17.0. The number of carbonyl (C=O) groups is 1. The first-order chi connectivity index (χ1) is 14.1. The number of ether oxygens (including phenoxy) is 2. The van der Waals surface area contributed by atoms with Gasteiger partial charge in [0.1, 0.15) is 5.75 Å². The topological polar surface area (TPSA) is 104 Å². The highest BCUT2D eigenvalue weighted by molar-refractivity contribution is 5.94. The summed E-state index contributed by atoms with van der Waals surface area (Å²) in [6.45, 7) is 4.12. The number of aliphatic imine (C=N–C) groups is 1. The van der Waals surface area contributed by atoms with E-state index in [2.05, 4.69) is 20.9 Å². The molecule has 0 heterocycles. The molecule has 0 unspecified atom stereocenters. The normalized spacial score (nSPS) is 10.9. The lowest BCUT2D eigenvalue weighted by molar-refractivity contribution is 0.0954. The number of nitrogens with zero attached hydrogens (tertiary/aromatic N) is 1. The van der Waals surface area contributed by atoms with Crippen molar-refractivity contribution in [3.8, 4) is 17.2 Å². The van der Waals surface area contributed by atoms with E-state index in [4.69, 9.17) is 9.47 Å². The zero-order valence-electron chi connectivity index (χ0n) is 17.0. The van der Waals surface area contributed by atoms with E-state index in [9.17, 15) is 9.90 Å². The molecular weight excluding hydrogens is 372 g/mol. The summed E-state index contributed by atoms with van der Waals surface area (Å²) in [5.74, 6) is 1.93. The van der Waals surface area contributed by atoms with Crippen LogP contribution < -0.4 is 25.4 Å². The fraction of sp³-hybridized carbons (Fsp3) is 0.333. The zero-order chi connectivity index (χ0) is 21.1. The number of rotatable bonds is 9. The molecule has 2 rings (SSSR count). The average Bonchev–Trinajstić information content (AvgIpc) is 2.74. The second-order valence-corrected chi connectivity index (χ2v) is 6.11. The minimum Gasteiger partial charge on any atom is -0.508 e. The van der Waals surface area contributed by atoms with Gasteiger partial charge in [0.15, 0.2) is 17.5 Å². The van der Waals surface area contributed by atoms with Crippen molar-refractivity contribution >= 4 is 11.9 Å². The van der Waals surface area contributed by atoms with E-state index in [0.29, 0.717) is 42.7 Å². The Morgan fingerprint density at radius 3 is 2.31 bits per heavy atom. The summed E-state index contributed by atoms with van der Waals surface area (Å²) in [5.41, 5.74) is 1.48. The molecule has 0 saturated carbocycles. The molecule has 0 aromatic heterocycles. The van der Waals surface area contributed by atoms with Crippen molar-refractivity contribution in [2.24, 2.45) is 4.99 Å². The molecule has 1 amide bonds. The number of aromatic hydroxyl groups is 1. The van der Waals surface area contributed by atoms with Crippen molar-refractivity contribution < 1.29 is 19.4 Å². The van der Waals surface area contributed by atoms with E-state index in [-0.39, 0.29) is 11.7 Å². The van der Waals surface area contributed by atoms with Crippen molar-refractivity contribution in [2.45, 2.75) is 13.5 Å². The lowest BCUT2D eigenvalue weighted by Gasteiger charge is -2.12. The van der Waals surface area contributed by atoms with Crippen LogP contribution in [0.25, 0.3) is 0 Å². The van der Waals surface area contributed by atoms with Crippen LogP contribution in [0.15, 0.2) is 47.5 Å². The summed E-state index contributed by atoms with van der Waals surface area (Å²) in [5, 5.41) is 18.5. The van der Waals surface area contributed by atoms with Gasteiger partial charge in [0.05, 0.1) is 20.8 Å². The Bertz CT molecular complexity index is 822. The molecule has 2 aromatic rings. The van der Waals surface area contributed by atoms with Crippen LogP contribution in [0.3, 0.4) is 0 Å². The molecule has 156 valence electrons. The summed E-state index contributed by atoms with van der Waals surface area (Å²) < 4.78 is 10.6. The Labute approximate surface area is 171 Å². The Balaban J connectivity index is 1.86. The minimum absolute atomic E-state index is 0.129. The van der Waals surface area contributed by atoms with Crippen molar-refractivity contribution in [1.29, 1.82) is 0 Å². The first-order valence-electron chi connectivity index (χ1n) is 9.37. The predicted octanol–water partition coefficient (Wildman–Crippen LogP) is 1.89. The molecule has 0 bridgehead atoms. The Kier molecular flexibility index (Phi) is 8.62. The van der Waals surface area contributed by atoms with Gasteiger partial charge >= 0.3 is 0 Å². The number of hydrogen-bond acceptors (Lipinski definition) is 5. The van der Waals surface area contributed by atoms with Gasteiger partial charge in [-0.05, 0) is 48.9 Å². The van der Waals surface area contributed by atoms with E-state index >= 15 is 0 Å². The predicted molar refractivity (Wildman–Crippen MR) is 113 cm³/mol. The van der Waals surface area contributed by atoms with Crippen molar-refractivity contribution in [1.82, 2.24) is 16.0 Å². The van der Waals surface area contributed by atoms with Crippen LogP contribution in [-0.4, -0.2) is 50.8 Å². The molecule has 4 N–H and O–H groups in total. The number of amides is 1. The van der Waals surface area contributed by atoms with Crippen molar-refractivity contribution in [3.05, 3.63) is 53.6 Å². The van der Waals surface area contributed by atoms with Crippen LogP contribution in [0.5, 0.6) is 17.2 Å². The fourth-order valence-electron chi connectivity index (χ4n) is 2.56. The summed E-state index contributed by atoms with van der Waals surface area (Å²) in [6.07, 6.45) is 0. The van der Waals surface area contributed by atoms with Gasteiger partial charge in [-0.2, -0.15) is 0 Å². The molecule has 2 aromatic carbocycles. The SMILES string of the molecule is CCNC(=NCc1ccc(OC)c(OC)c1)NCCNC(=O)c1ccc(O)cc1. The summed E-state index contributed by atoms with van der Waals surface area (Å²) in [7, 11) is 3.20. The van der Waals surface area contributed by atoms with Gasteiger partial charge in [-0.15, -0.1) is 0 Å². The van der Waals surface area contributed by atoms with Crippen LogP contribution in [0.4, 0.5) is 0 Å². The quantitative estimate of drug-likeness (QED) is 0.291. The van der Waals surface area contributed by atoms with E-state index in [1.54, 1.807) is 26.4 Å². The third-order valence-corrected chi connectivity index (χ3v) is 4.04. The molecule has 0 radical (unpaired) electrons. The molecule has 0 aliphatic heterocycles. The molecule has 8 heteroatoms. The maximum absolute atomic E-state index is 12.1. The third kappa shape index (κ3) is 6.91. The lowest BCUT2D eigenvalue weighted by Crippen LogP contribution is -2.41. The van der Waals surface area contributed by atoms with Crippen LogP contribution in [-0.2, 0) is 6.54 Å². The Morgan fingerprint density at radius 2 is 1.66 bits per heavy atom. The molecule has 0 aliphatic carbocycles. The van der Waals surface area contributed by atoms with Crippen molar-refractivity contribution in [2.75, 3.05) is 33.9 Å². The maximum Gasteiger partial charge on any atom is 0.251 e. The van der Waals surface area contributed by atoms with E-state index in [1.807, 2.05) is 25.1 Å². The van der Waals surface area contributed by atoms with E-state index in [0.717, 1.165) is 12.1 Å². The highest BCUT2D eigenvalue weighted by Crippen LogP contribution is 2.27. The number of hydrogen-bond donors (Lipinski definition) is 4. The van der Waals surface area contributed by atoms with Gasteiger partial charge in [0, 0.05) is 25.2 Å². The first kappa shape index (κ1) is 21.9. The minimum atomic E-state index is -0.195. The number of benzene rings is 2. The monoisotopic (exact) mass is 400 g/mol. The Morgan fingerprint density at radius 1 is 0.966 bits per heavy atom. The standard InChI is InChI=1S/C21H28N4O4/c1-4-22-21(25-14-15-5-10-18(28-2)19(13-15)29-3)24-12-11-23-20(27)16-6-8-17(26)9-7-16/h5-10,13,26H,4,11-12,14H2,1-3H3,(H,23,27)(H2,22,24,25). The van der Waals surface area contributed by atoms with Gasteiger partial charge in [0.25, 0.3) is 5.91 Å². The highest BCUT2D eigenvalue weighted by Gasteiger charge is 2.06. The first-order valence-corrected chi connectivity index (χ1v) is 9.37. The van der Waals surface area contributed by atoms with Gasteiger partial charge in [-0.3, -0.25) is 4.79 Å². The molecule has 0 atom stereocenters. The number of methoxy groups -OCH3 is 2. The smallest absolute Gasteiger partial charge is 0.251 e. The number of nitrogens with one attached hydrogen (secondary N) is 3. The summed E-state index contributed by atoms with van der Waals surface area (Å²) in [4.78, 5) is 16.6. The summed E-state index contributed by atoms with van der Waals surface area (Å²) >= 11 is 0. The van der Waals surface area contributed by atoms with Crippen LogP contribution >= 0.6 is 0 Å². The average molecular weight is 400 g/mol. The number of phenolic OH excluding ortho intramolecular Hbond substituents is 1. The highest BCUT2D eigenvalue weighted by atomic mass is 16.5. The molecule has 0 spiro atoms. The van der Waals surface area contributed by atoms with Crippen molar-refractivity contribution in [3.63, 3.8) is 0 Å². The molecule has 8 nitrogen and oxygen atoms in total. The number of phenols is 1. The van der Waals surface area contributed by atoms with Crippen LogP contribution in [0.2, 0.25) is 0 Å². The fourth-order valence-corrected chi connectivity index (χ4v) is 2.56. The second kappa shape index (κ2) is 11.4. The van der Waals surface area contributed by atoms with Gasteiger partial charge in [-0.1, -0.05) is 6.07 Å². The largest absolute Gasteiger partial charge is 0.508 e. The summed E-state index contributed by atoms with van der Waals surface area (Å²) in [6, 6.07) is 11.8. The number of guanidine groups is 1. The molecular formula is C21H28N4O4. The van der Waals surface area contributed by atoms with E-state index in [1.165, 1.54) is 12.1 Å². The second-order valence-electron chi connectivity index (χ2n) is 6.11. The molecule has 0 aliphatic rings. The maximum atomic E-state index is 12.1. The lowest BCUT2D eigenvalue weighted by atomic mass is 10.2. The number of carbonyl (C=O) groups excluding carboxylic acids is 1.